The van der Waals surface area contributed by atoms with E-state index in [1.54, 1.807) is 4.90 Å². The third-order valence-electron chi connectivity index (χ3n) is 4.12. The maximum absolute atomic E-state index is 13.5. The summed E-state index contributed by atoms with van der Waals surface area (Å²) < 4.78 is 13.5. The van der Waals surface area contributed by atoms with E-state index < -0.39 is 17.3 Å². The first-order chi connectivity index (χ1) is 9.54. The molecule has 2 unspecified atom stereocenters. The van der Waals surface area contributed by atoms with Crippen LogP contribution in [0.2, 0.25) is 0 Å². The van der Waals surface area contributed by atoms with E-state index in [0.717, 1.165) is 31.5 Å². The molecular weight excluding hydrogens is 263 g/mol. The number of nitrogens with zero attached hydrogens (tertiary/aromatic N) is 1. The summed E-state index contributed by atoms with van der Waals surface area (Å²) in [5.74, 6) is -1.58. The number of urea groups is 1. The smallest absolute Gasteiger partial charge is 0.338 e. The summed E-state index contributed by atoms with van der Waals surface area (Å²) in [4.78, 5) is 24.6. The molecule has 3 rings (SSSR count). The molecule has 1 saturated carbocycles. The van der Waals surface area contributed by atoms with Gasteiger partial charge in [0.1, 0.15) is 5.82 Å². The van der Waals surface area contributed by atoms with Crippen LogP contribution in [-0.4, -0.2) is 34.6 Å². The highest BCUT2D eigenvalue weighted by Gasteiger charge is 2.40. The average Bonchev–Trinajstić information content (AvgIpc) is 3.00. The molecule has 2 fully saturated rings. The van der Waals surface area contributed by atoms with E-state index in [-0.39, 0.29) is 11.7 Å². The molecule has 1 aliphatic carbocycles. The second-order valence-electron chi connectivity index (χ2n) is 5.42. The highest BCUT2D eigenvalue weighted by Crippen LogP contribution is 2.37. The fraction of sp³-hybridized carbons (Fsp3) is 0.429. The van der Waals surface area contributed by atoms with Gasteiger partial charge in [0.15, 0.2) is 0 Å². The Morgan fingerprint density at radius 3 is 2.70 bits per heavy atom. The first kappa shape index (κ1) is 12.9. The number of hydrogen-bond acceptors (Lipinski definition) is 2. The third-order valence-corrected chi connectivity index (χ3v) is 4.12. The molecule has 0 spiro atoms. The molecule has 1 aromatic rings. The highest BCUT2D eigenvalue weighted by molar-refractivity contribution is 5.92. The quantitative estimate of drug-likeness (QED) is 0.873. The number of carbonyl (C=O) groups is 2. The van der Waals surface area contributed by atoms with Gasteiger partial charge in [0.25, 0.3) is 0 Å². The number of halogens is 1. The van der Waals surface area contributed by atoms with Crippen LogP contribution in [0.3, 0.4) is 0 Å². The van der Waals surface area contributed by atoms with Crippen molar-refractivity contribution in [1.29, 1.82) is 0 Å². The Morgan fingerprint density at radius 1 is 1.35 bits per heavy atom. The molecule has 106 valence electrons. The van der Waals surface area contributed by atoms with Crippen molar-refractivity contribution in [1.82, 2.24) is 4.90 Å². The number of likely N-dealkylation sites (tertiary alicyclic amines) is 1. The largest absolute Gasteiger partial charge is 0.478 e. The van der Waals surface area contributed by atoms with Gasteiger partial charge in [-0.2, -0.15) is 0 Å². The van der Waals surface area contributed by atoms with Gasteiger partial charge in [-0.05, 0) is 43.4 Å². The summed E-state index contributed by atoms with van der Waals surface area (Å²) in [5, 5.41) is 11.4. The normalized spacial score (nSPS) is 23.9. The summed E-state index contributed by atoms with van der Waals surface area (Å²) in [7, 11) is 0. The van der Waals surface area contributed by atoms with Crippen LogP contribution in [0.4, 0.5) is 14.9 Å². The van der Waals surface area contributed by atoms with Crippen LogP contribution in [0, 0.1) is 11.7 Å². The number of hydrogen-bond donors (Lipinski definition) is 2. The van der Waals surface area contributed by atoms with E-state index in [2.05, 4.69) is 5.32 Å². The molecule has 2 N–H and O–H groups in total. The molecule has 2 bridgehead atoms. The third kappa shape index (κ3) is 2.21. The lowest BCUT2D eigenvalue weighted by molar-refractivity contribution is 0.0692. The standard InChI is InChI=1S/C14H15FN2O3/c15-12-6-9(2-4-11(12)13(18)19)16-14(20)17-7-8-1-3-10(17)5-8/h2,4,6,8,10H,1,3,5,7H2,(H,16,20)(H,18,19). The minimum Gasteiger partial charge on any atom is -0.478 e. The number of carbonyl (C=O) groups excluding carboxylic acids is 1. The lowest BCUT2D eigenvalue weighted by Crippen LogP contribution is -2.40. The van der Waals surface area contributed by atoms with Gasteiger partial charge in [-0.3, -0.25) is 0 Å². The average molecular weight is 278 g/mol. The monoisotopic (exact) mass is 278 g/mol. The van der Waals surface area contributed by atoms with E-state index in [4.69, 9.17) is 5.11 Å². The molecule has 20 heavy (non-hydrogen) atoms. The molecule has 0 radical (unpaired) electrons. The van der Waals surface area contributed by atoms with Crippen molar-refractivity contribution in [2.75, 3.05) is 11.9 Å². The van der Waals surface area contributed by atoms with Crippen molar-refractivity contribution in [3.8, 4) is 0 Å². The van der Waals surface area contributed by atoms with Crippen molar-refractivity contribution in [2.45, 2.75) is 25.3 Å². The van der Waals surface area contributed by atoms with Gasteiger partial charge < -0.3 is 15.3 Å². The molecular formula is C14H15FN2O3. The Bertz CT molecular complexity index is 576. The Labute approximate surface area is 115 Å². The second-order valence-corrected chi connectivity index (χ2v) is 5.42. The first-order valence-corrected chi connectivity index (χ1v) is 6.65. The van der Waals surface area contributed by atoms with Gasteiger partial charge in [-0.15, -0.1) is 0 Å². The van der Waals surface area contributed by atoms with Gasteiger partial charge in [0.05, 0.1) is 5.56 Å². The minimum atomic E-state index is -1.32. The molecule has 2 amide bonds. The predicted octanol–water partition coefficient (Wildman–Crippen LogP) is 2.54. The number of rotatable bonds is 2. The number of aromatic carboxylic acids is 1. The van der Waals surface area contributed by atoms with Gasteiger partial charge >= 0.3 is 12.0 Å². The maximum atomic E-state index is 13.5. The van der Waals surface area contributed by atoms with Crippen LogP contribution >= 0.6 is 0 Å². The van der Waals surface area contributed by atoms with E-state index in [1.165, 1.54) is 12.5 Å². The summed E-state index contributed by atoms with van der Waals surface area (Å²) in [5.41, 5.74) is -0.122. The number of carboxylic acid groups (broad SMARTS) is 1. The zero-order valence-corrected chi connectivity index (χ0v) is 10.8. The van der Waals surface area contributed by atoms with E-state index in [9.17, 15) is 14.0 Å². The topological polar surface area (TPSA) is 69.6 Å². The number of fused-ring (bicyclic) bond motifs is 2. The first-order valence-electron chi connectivity index (χ1n) is 6.65. The molecule has 0 aromatic heterocycles. The van der Waals surface area contributed by atoms with Crippen molar-refractivity contribution in [3.63, 3.8) is 0 Å². The molecule has 2 atom stereocenters. The Morgan fingerprint density at radius 2 is 2.15 bits per heavy atom. The second kappa shape index (κ2) is 4.77. The number of piperidine rings is 1. The summed E-state index contributed by atoms with van der Waals surface area (Å²) >= 11 is 0. The number of nitrogens with one attached hydrogen (secondary N) is 1. The number of anilines is 1. The number of amides is 2. The van der Waals surface area contributed by atoms with E-state index in [0.29, 0.717) is 12.0 Å². The molecule has 1 heterocycles. The SMILES string of the molecule is O=C(O)c1ccc(NC(=O)N2CC3CCC2C3)cc1F. The molecule has 2 aliphatic rings. The lowest BCUT2D eigenvalue weighted by atomic mass is 10.1. The van der Waals surface area contributed by atoms with Crippen molar-refractivity contribution >= 4 is 17.7 Å². The van der Waals surface area contributed by atoms with Crippen LogP contribution in [0.1, 0.15) is 29.6 Å². The molecule has 1 aliphatic heterocycles. The van der Waals surface area contributed by atoms with E-state index in [1.807, 2.05) is 0 Å². The maximum Gasteiger partial charge on any atom is 0.338 e. The molecule has 6 heteroatoms. The molecule has 1 aromatic carbocycles. The zero-order valence-electron chi connectivity index (χ0n) is 10.8. The van der Waals surface area contributed by atoms with Crippen molar-refractivity contribution in [2.24, 2.45) is 5.92 Å². The van der Waals surface area contributed by atoms with E-state index >= 15 is 0 Å². The summed E-state index contributed by atoms with van der Waals surface area (Å²) in [6.45, 7) is 0.756. The van der Waals surface area contributed by atoms with Crippen LogP contribution in [0.5, 0.6) is 0 Å². The summed E-state index contributed by atoms with van der Waals surface area (Å²) in [6, 6.07) is 3.65. The van der Waals surface area contributed by atoms with Crippen LogP contribution in [0.15, 0.2) is 18.2 Å². The van der Waals surface area contributed by atoms with Gasteiger partial charge in [-0.25, -0.2) is 14.0 Å². The van der Waals surface area contributed by atoms with Crippen molar-refractivity contribution < 1.29 is 19.1 Å². The van der Waals surface area contributed by atoms with Crippen LogP contribution in [0.25, 0.3) is 0 Å². The van der Waals surface area contributed by atoms with Crippen molar-refractivity contribution in [3.05, 3.63) is 29.6 Å². The zero-order chi connectivity index (χ0) is 14.3. The fourth-order valence-corrected chi connectivity index (χ4v) is 3.14. The minimum absolute atomic E-state index is 0.236. The van der Waals surface area contributed by atoms with Gasteiger partial charge in [0, 0.05) is 18.3 Å². The van der Waals surface area contributed by atoms with Crippen LogP contribution < -0.4 is 5.32 Å². The predicted molar refractivity (Wildman–Crippen MR) is 70.2 cm³/mol. The Kier molecular flexibility index (Phi) is 3.08. The highest BCUT2D eigenvalue weighted by atomic mass is 19.1. The number of benzene rings is 1. The fourth-order valence-electron chi connectivity index (χ4n) is 3.14. The summed E-state index contributed by atoms with van der Waals surface area (Å²) in [6.07, 6.45) is 3.26. The molecule has 1 saturated heterocycles. The number of carboxylic acids is 1. The molecule has 5 nitrogen and oxygen atoms in total. The Hall–Kier alpha value is -2.11. The Balaban J connectivity index is 1.70. The van der Waals surface area contributed by atoms with Crippen LogP contribution in [-0.2, 0) is 0 Å². The van der Waals surface area contributed by atoms with Gasteiger partial charge in [-0.1, -0.05) is 0 Å². The lowest BCUT2D eigenvalue weighted by Gasteiger charge is -2.27. The van der Waals surface area contributed by atoms with Gasteiger partial charge in [0.2, 0.25) is 0 Å².